The number of carboxylic acid groups (broad SMARTS) is 2. The first-order chi connectivity index (χ1) is 10.4. The summed E-state index contributed by atoms with van der Waals surface area (Å²) in [4.78, 5) is 33.2. The van der Waals surface area contributed by atoms with Crippen molar-refractivity contribution in [2.45, 2.75) is 24.9 Å². The van der Waals surface area contributed by atoms with Gasteiger partial charge in [0.05, 0.1) is 24.6 Å². The van der Waals surface area contributed by atoms with Crippen molar-refractivity contribution < 1.29 is 78.9 Å². The second-order valence-electron chi connectivity index (χ2n) is 4.41. The van der Waals surface area contributed by atoms with Crippen LogP contribution in [0.15, 0.2) is 25.0 Å². The molecule has 0 saturated heterocycles. The summed E-state index contributed by atoms with van der Waals surface area (Å²) < 4.78 is 0. The number of H-pyrrole nitrogens is 2. The molecule has 0 radical (unpaired) electrons. The maximum atomic E-state index is 10.2. The Bertz CT molecular complexity index is 526. The minimum atomic E-state index is -1.25. The van der Waals surface area contributed by atoms with Crippen molar-refractivity contribution in [3.63, 3.8) is 0 Å². The average Bonchev–Trinajstić information content (AvgIpc) is 3.12. The van der Waals surface area contributed by atoms with Crippen molar-refractivity contribution in [2.75, 3.05) is 0 Å². The molecule has 120 valence electrons. The zero-order valence-electron chi connectivity index (χ0n) is 13.6. The normalized spacial score (nSPS) is 11.8. The molecule has 0 fully saturated rings. The second-order valence-corrected chi connectivity index (χ2v) is 4.41. The van der Waals surface area contributed by atoms with Crippen molar-refractivity contribution in [2.24, 2.45) is 11.5 Å². The number of aromatic nitrogens is 4. The van der Waals surface area contributed by atoms with Gasteiger partial charge in [0.2, 0.25) is 0 Å². The van der Waals surface area contributed by atoms with Gasteiger partial charge in [-0.25, -0.2) is 9.97 Å². The van der Waals surface area contributed by atoms with Gasteiger partial charge in [-0.15, -0.1) is 0 Å². The summed E-state index contributed by atoms with van der Waals surface area (Å²) in [7, 11) is 0. The molecule has 0 unspecified atom stereocenters. The summed E-state index contributed by atoms with van der Waals surface area (Å²) in [6, 6.07) is -1.93. The van der Waals surface area contributed by atoms with Crippen LogP contribution in [0, 0.1) is 0 Å². The zero-order valence-corrected chi connectivity index (χ0v) is 17.6. The maximum Gasteiger partial charge on any atom is 1.00 e. The summed E-state index contributed by atoms with van der Waals surface area (Å²) in [6.07, 6.45) is 6.45. The van der Waals surface area contributed by atoms with Crippen LogP contribution in [-0.2, 0) is 22.4 Å². The number of nitrogens with zero attached hydrogens (tertiary/aromatic N) is 2. The van der Waals surface area contributed by atoms with Crippen LogP contribution in [-0.4, -0.2) is 44.0 Å². The Morgan fingerprint density at radius 2 is 1.25 bits per heavy atom. The number of nitrogens with two attached hydrogens (primary N) is 2. The Morgan fingerprint density at radius 1 is 0.917 bits per heavy atom. The first-order valence-electron chi connectivity index (χ1n) is 6.27. The van der Waals surface area contributed by atoms with Crippen LogP contribution in [0.4, 0.5) is 0 Å². The molecule has 24 heavy (non-hydrogen) atoms. The molecule has 2 aromatic heterocycles. The van der Waals surface area contributed by atoms with Crippen LogP contribution in [0.2, 0.25) is 0 Å². The Hall–Kier alpha value is -0.720. The number of nitrogens with one attached hydrogen (secondary N) is 2. The molecule has 6 N–H and O–H groups in total. The minimum absolute atomic E-state index is 0. The van der Waals surface area contributed by atoms with Gasteiger partial charge in [0.15, 0.2) is 0 Å². The number of carbonyl (C=O) groups excluding carboxylic acids is 2. The van der Waals surface area contributed by atoms with Crippen LogP contribution in [0.5, 0.6) is 0 Å². The van der Waals surface area contributed by atoms with E-state index in [1.165, 1.54) is 25.0 Å². The smallest absolute Gasteiger partial charge is 0.548 e. The fourth-order valence-electron chi connectivity index (χ4n) is 1.43. The molecule has 10 nitrogen and oxygen atoms in total. The topological polar surface area (TPSA) is 190 Å². The van der Waals surface area contributed by atoms with Crippen molar-refractivity contribution in [3.8, 4) is 0 Å². The van der Waals surface area contributed by atoms with Gasteiger partial charge in [-0.1, -0.05) is 0 Å². The summed E-state index contributed by atoms with van der Waals surface area (Å²) in [6.45, 7) is 0. The van der Waals surface area contributed by atoms with Crippen LogP contribution in [0.1, 0.15) is 11.4 Å². The molecule has 0 spiro atoms. The van der Waals surface area contributed by atoms with E-state index in [4.69, 9.17) is 11.5 Å². The van der Waals surface area contributed by atoms with Crippen LogP contribution in [0.3, 0.4) is 0 Å². The summed E-state index contributed by atoms with van der Waals surface area (Å²) in [5, 5.41) is 20.3. The van der Waals surface area contributed by atoms with Gasteiger partial charge in [-0.05, 0) is 0 Å². The summed E-state index contributed by atoms with van der Waals surface area (Å²) in [5.74, 6) is -2.50. The van der Waals surface area contributed by atoms with E-state index in [2.05, 4.69) is 19.9 Å². The largest absolute Gasteiger partial charge is 1.00 e. The summed E-state index contributed by atoms with van der Waals surface area (Å²) in [5.41, 5.74) is 11.8. The molecule has 0 aliphatic rings. The molecule has 2 aromatic rings. The maximum absolute atomic E-state index is 10.2. The molecule has 2 atom stereocenters. The predicted octanol–water partition coefficient (Wildman–Crippen LogP) is -9.93. The predicted molar refractivity (Wildman–Crippen MR) is 70.5 cm³/mol. The van der Waals surface area contributed by atoms with Crippen molar-refractivity contribution in [3.05, 3.63) is 36.4 Å². The van der Waals surface area contributed by atoms with Gasteiger partial charge >= 0.3 is 59.1 Å². The molecular weight excluding hydrogens is 338 g/mol. The first kappa shape index (κ1) is 25.5. The second kappa shape index (κ2) is 13.6. The van der Waals surface area contributed by atoms with E-state index in [1.54, 1.807) is 0 Å². The molecule has 0 amide bonds. The third-order valence-electron chi connectivity index (χ3n) is 2.59. The fraction of sp³-hybridized carbons (Fsp3) is 0.333. The monoisotopic (exact) mass is 354 g/mol. The number of hydrogen-bond donors (Lipinski definition) is 4. The zero-order chi connectivity index (χ0) is 16.5. The minimum Gasteiger partial charge on any atom is -0.548 e. The number of carboxylic acids is 2. The number of imidazole rings is 2. The third-order valence-corrected chi connectivity index (χ3v) is 2.59. The van der Waals surface area contributed by atoms with E-state index in [0.717, 1.165) is 0 Å². The number of aromatic amines is 2. The van der Waals surface area contributed by atoms with Gasteiger partial charge in [-0.2, -0.15) is 0 Å². The standard InChI is InChI=1S/2C6H9N3O2.2Na/c2*7-5(6(10)11)1-4-2-8-3-9-4;;/h2*2-3,5H,1,7H2,(H,8,9)(H,10,11);;/q;;2*+1/p-2/t2*5-;;/m00../s1. The van der Waals surface area contributed by atoms with Gasteiger partial charge in [-0.3, -0.25) is 0 Å². The number of aliphatic carboxylic acids is 2. The van der Waals surface area contributed by atoms with E-state index in [-0.39, 0.29) is 72.0 Å². The molecule has 0 aromatic carbocycles. The SMILES string of the molecule is N[C@@H](Cc1cnc[nH]1)C(=O)[O-].N[C@@H](Cc1cnc[nH]1)C(=O)[O-].[Na+].[Na+]. The number of hydrogen-bond acceptors (Lipinski definition) is 8. The van der Waals surface area contributed by atoms with Crippen LogP contribution < -0.4 is 80.8 Å². The molecule has 2 heterocycles. The van der Waals surface area contributed by atoms with E-state index in [1.807, 2.05) is 0 Å². The summed E-state index contributed by atoms with van der Waals surface area (Å²) >= 11 is 0. The molecule has 0 aliphatic heterocycles. The van der Waals surface area contributed by atoms with Crippen molar-refractivity contribution in [1.82, 2.24) is 19.9 Å². The molecular formula is C12H16N6Na2O4. The molecule has 12 heteroatoms. The number of carbonyl (C=O) groups is 2. The molecule has 2 rings (SSSR count). The van der Waals surface area contributed by atoms with Crippen LogP contribution in [0.25, 0.3) is 0 Å². The Labute approximate surface area is 182 Å². The van der Waals surface area contributed by atoms with Gasteiger partial charge in [0.25, 0.3) is 0 Å². The Kier molecular flexibility index (Phi) is 14.4. The van der Waals surface area contributed by atoms with E-state index >= 15 is 0 Å². The molecule has 0 bridgehead atoms. The van der Waals surface area contributed by atoms with E-state index in [0.29, 0.717) is 11.4 Å². The first-order valence-corrected chi connectivity index (χ1v) is 6.27. The number of rotatable bonds is 6. The van der Waals surface area contributed by atoms with Crippen molar-refractivity contribution in [1.29, 1.82) is 0 Å². The van der Waals surface area contributed by atoms with Crippen molar-refractivity contribution >= 4 is 11.9 Å². The van der Waals surface area contributed by atoms with E-state index in [9.17, 15) is 19.8 Å². The van der Waals surface area contributed by atoms with Gasteiger partial charge < -0.3 is 41.2 Å². The third kappa shape index (κ3) is 10.2. The van der Waals surface area contributed by atoms with Gasteiger partial charge in [0, 0.05) is 48.7 Å². The van der Waals surface area contributed by atoms with Crippen LogP contribution >= 0.6 is 0 Å². The quantitative estimate of drug-likeness (QED) is 0.368. The molecule has 0 saturated carbocycles. The van der Waals surface area contributed by atoms with Gasteiger partial charge in [0.1, 0.15) is 0 Å². The Balaban J connectivity index is 0. The molecule has 0 aliphatic carbocycles. The Morgan fingerprint density at radius 3 is 1.46 bits per heavy atom. The average molecular weight is 354 g/mol. The van der Waals surface area contributed by atoms with E-state index < -0.39 is 24.0 Å². The fourth-order valence-corrected chi connectivity index (χ4v) is 1.43.